The Morgan fingerprint density at radius 3 is 2.64 bits per heavy atom. The van der Waals surface area contributed by atoms with Crippen molar-refractivity contribution in [2.75, 3.05) is 13.2 Å². The lowest BCUT2D eigenvalue weighted by Gasteiger charge is -2.10. The van der Waals surface area contributed by atoms with Gasteiger partial charge in [-0.25, -0.2) is 4.79 Å². The Labute approximate surface area is 149 Å². The van der Waals surface area contributed by atoms with E-state index in [1.54, 1.807) is 0 Å². The third-order valence-electron chi connectivity index (χ3n) is 4.42. The zero-order valence-electron chi connectivity index (χ0n) is 14.9. The number of rotatable bonds is 4. The van der Waals surface area contributed by atoms with Gasteiger partial charge in [-0.05, 0) is 79.6 Å². The predicted molar refractivity (Wildman–Crippen MR) is 101 cm³/mol. The van der Waals surface area contributed by atoms with Crippen LogP contribution in [0.3, 0.4) is 0 Å². The molecule has 0 spiro atoms. The van der Waals surface area contributed by atoms with Gasteiger partial charge in [0.1, 0.15) is 5.75 Å². The summed E-state index contributed by atoms with van der Waals surface area (Å²) in [6.07, 6.45) is 5.50. The Hall–Kier alpha value is -2.55. The van der Waals surface area contributed by atoms with Crippen LogP contribution in [0.2, 0.25) is 0 Å². The second-order valence-electron chi connectivity index (χ2n) is 6.30. The fourth-order valence-electron chi connectivity index (χ4n) is 3.02. The third-order valence-corrected chi connectivity index (χ3v) is 4.42. The van der Waals surface area contributed by atoms with Crippen molar-refractivity contribution >= 4 is 17.6 Å². The van der Waals surface area contributed by atoms with E-state index in [4.69, 9.17) is 9.47 Å². The molecule has 1 aliphatic heterocycles. The van der Waals surface area contributed by atoms with Crippen molar-refractivity contribution in [3.63, 3.8) is 0 Å². The largest absolute Gasteiger partial charge is 0.493 e. The van der Waals surface area contributed by atoms with Crippen LogP contribution in [0.4, 0.5) is 0 Å². The zero-order valence-corrected chi connectivity index (χ0v) is 14.9. The van der Waals surface area contributed by atoms with Gasteiger partial charge in [0.2, 0.25) is 0 Å². The van der Waals surface area contributed by atoms with Crippen LogP contribution >= 0.6 is 0 Å². The molecule has 0 N–H and O–H groups in total. The highest BCUT2D eigenvalue weighted by Gasteiger charge is 2.10. The van der Waals surface area contributed by atoms with Crippen LogP contribution in [0.1, 0.15) is 53.7 Å². The molecule has 0 radical (unpaired) electrons. The molecule has 0 fully saturated rings. The first kappa shape index (κ1) is 17.3. The summed E-state index contributed by atoms with van der Waals surface area (Å²) in [5.41, 5.74) is 5.34. The molecule has 1 aliphatic rings. The molecule has 0 saturated carbocycles. The second kappa shape index (κ2) is 8.02. The average molecular weight is 336 g/mol. The predicted octanol–water partition coefficient (Wildman–Crippen LogP) is 5.14. The SMILES string of the molecule is CCOC(=O)c1ccc(/C=C(\C)c2ccc3c(c2)CCCCO3)cc1. The van der Waals surface area contributed by atoms with Crippen LogP contribution < -0.4 is 4.74 Å². The summed E-state index contributed by atoms with van der Waals surface area (Å²) in [6.45, 7) is 5.12. The Morgan fingerprint density at radius 1 is 1.12 bits per heavy atom. The highest BCUT2D eigenvalue weighted by atomic mass is 16.5. The minimum atomic E-state index is -0.277. The first-order valence-corrected chi connectivity index (χ1v) is 8.89. The van der Waals surface area contributed by atoms with Gasteiger partial charge < -0.3 is 9.47 Å². The normalized spacial score (nSPS) is 14.2. The molecule has 25 heavy (non-hydrogen) atoms. The number of ether oxygens (including phenoxy) is 2. The van der Waals surface area contributed by atoms with Crippen LogP contribution in [0.25, 0.3) is 11.6 Å². The zero-order chi connectivity index (χ0) is 17.6. The minimum absolute atomic E-state index is 0.277. The minimum Gasteiger partial charge on any atom is -0.493 e. The quantitative estimate of drug-likeness (QED) is 0.573. The Morgan fingerprint density at radius 2 is 1.88 bits per heavy atom. The number of benzene rings is 2. The number of aryl methyl sites for hydroxylation is 1. The highest BCUT2D eigenvalue weighted by Crippen LogP contribution is 2.28. The van der Waals surface area contributed by atoms with Gasteiger partial charge in [-0.15, -0.1) is 0 Å². The molecular formula is C22H24O3. The number of allylic oxidation sites excluding steroid dienone is 1. The number of esters is 1. The van der Waals surface area contributed by atoms with Crippen molar-refractivity contribution in [1.82, 2.24) is 0 Å². The summed E-state index contributed by atoms with van der Waals surface area (Å²) < 4.78 is 10.8. The number of hydrogen-bond donors (Lipinski definition) is 0. The van der Waals surface area contributed by atoms with Crippen molar-refractivity contribution < 1.29 is 14.3 Å². The lowest BCUT2D eigenvalue weighted by Crippen LogP contribution is -2.03. The van der Waals surface area contributed by atoms with E-state index in [0.717, 1.165) is 30.8 Å². The van der Waals surface area contributed by atoms with Crippen LogP contribution in [0, 0.1) is 0 Å². The van der Waals surface area contributed by atoms with E-state index in [1.807, 2.05) is 31.2 Å². The molecule has 3 nitrogen and oxygen atoms in total. The van der Waals surface area contributed by atoms with Gasteiger partial charge in [-0.1, -0.05) is 24.3 Å². The topological polar surface area (TPSA) is 35.5 Å². The van der Waals surface area contributed by atoms with Gasteiger partial charge in [-0.2, -0.15) is 0 Å². The van der Waals surface area contributed by atoms with Crippen LogP contribution in [0.15, 0.2) is 42.5 Å². The van der Waals surface area contributed by atoms with Crippen molar-refractivity contribution in [3.8, 4) is 5.75 Å². The number of hydrogen-bond acceptors (Lipinski definition) is 3. The molecule has 0 bridgehead atoms. The lowest BCUT2D eigenvalue weighted by atomic mass is 9.99. The second-order valence-corrected chi connectivity index (χ2v) is 6.30. The maximum absolute atomic E-state index is 11.7. The van der Waals surface area contributed by atoms with Gasteiger partial charge in [0, 0.05) is 0 Å². The standard InChI is InChI=1S/C22H24O3/c1-3-24-22(23)18-9-7-17(8-10-18)14-16(2)19-11-12-21-20(15-19)6-4-5-13-25-21/h7-12,14-15H,3-6,13H2,1-2H3/b16-14+. The van der Waals surface area contributed by atoms with Crippen LogP contribution in [-0.2, 0) is 11.2 Å². The molecule has 3 heteroatoms. The van der Waals surface area contributed by atoms with E-state index in [9.17, 15) is 4.79 Å². The molecule has 1 heterocycles. The fourth-order valence-corrected chi connectivity index (χ4v) is 3.02. The van der Waals surface area contributed by atoms with Gasteiger partial charge in [0.25, 0.3) is 0 Å². The average Bonchev–Trinajstić information content (AvgIpc) is 2.87. The van der Waals surface area contributed by atoms with Crippen molar-refractivity contribution in [3.05, 3.63) is 64.7 Å². The summed E-state index contributed by atoms with van der Waals surface area (Å²) >= 11 is 0. The summed E-state index contributed by atoms with van der Waals surface area (Å²) in [6, 6.07) is 13.9. The van der Waals surface area contributed by atoms with E-state index in [0.29, 0.717) is 12.2 Å². The summed E-state index contributed by atoms with van der Waals surface area (Å²) in [7, 11) is 0. The summed E-state index contributed by atoms with van der Waals surface area (Å²) in [4.78, 5) is 11.7. The molecule has 0 unspecified atom stereocenters. The monoisotopic (exact) mass is 336 g/mol. The van der Waals surface area contributed by atoms with E-state index < -0.39 is 0 Å². The van der Waals surface area contributed by atoms with Gasteiger partial charge in [0.05, 0.1) is 18.8 Å². The highest BCUT2D eigenvalue weighted by molar-refractivity contribution is 5.90. The molecule has 3 rings (SSSR count). The Balaban J connectivity index is 1.79. The Kier molecular flexibility index (Phi) is 5.54. The summed E-state index contributed by atoms with van der Waals surface area (Å²) in [5.74, 6) is 0.744. The fraction of sp³-hybridized carbons (Fsp3) is 0.318. The molecule has 0 aromatic heterocycles. The molecule has 0 aliphatic carbocycles. The van der Waals surface area contributed by atoms with Crippen LogP contribution in [-0.4, -0.2) is 19.2 Å². The smallest absolute Gasteiger partial charge is 0.338 e. The van der Waals surface area contributed by atoms with E-state index in [-0.39, 0.29) is 5.97 Å². The van der Waals surface area contributed by atoms with E-state index in [2.05, 4.69) is 31.2 Å². The number of carbonyl (C=O) groups is 1. The van der Waals surface area contributed by atoms with Crippen molar-refractivity contribution in [2.45, 2.75) is 33.1 Å². The lowest BCUT2D eigenvalue weighted by molar-refractivity contribution is 0.0526. The third kappa shape index (κ3) is 4.30. The molecule has 0 atom stereocenters. The summed E-state index contributed by atoms with van der Waals surface area (Å²) in [5, 5.41) is 0. The molecule has 0 saturated heterocycles. The van der Waals surface area contributed by atoms with Gasteiger partial charge >= 0.3 is 5.97 Å². The van der Waals surface area contributed by atoms with E-state index >= 15 is 0 Å². The molecule has 0 amide bonds. The van der Waals surface area contributed by atoms with Crippen molar-refractivity contribution in [1.29, 1.82) is 0 Å². The van der Waals surface area contributed by atoms with Gasteiger partial charge in [0.15, 0.2) is 0 Å². The Bertz CT molecular complexity index is 772. The first-order valence-electron chi connectivity index (χ1n) is 8.89. The molecular weight excluding hydrogens is 312 g/mol. The maximum Gasteiger partial charge on any atom is 0.338 e. The van der Waals surface area contributed by atoms with Crippen LogP contribution in [0.5, 0.6) is 5.75 Å². The maximum atomic E-state index is 11.7. The molecule has 2 aromatic carbocycles. The van der Waals surface area contributed by atoms with E-state index in [1.165, 1.54) is 23.1 Å². The molecule has 2 aromatic rings. The molecule has 130 valence electrons. The number of fused-ring (bicyclic) bond motifs is 1. The first-order chi connectivity index (χ1) is 12.2. The van der Waals surface area contributed by atoms with Gasteiger partial charge in [-0.3, -0.25) is 0 Å². The number of carbonyl (C=O) groups excluding carboxylic acids is 1. The van der Waals surface area contributed by atoms with Crippen molar-refractivity contribution in [2.24, 2.45) is 0 Å².